The minimum atomic E-state index is -0.592. The topological polar surface area (TPSA) is 59.5 Å². The van der Waals surface area contributed by atoms with Crippen LogP contribution in [0.2, 0.25) is 10.0 Å². The van der Waals surface area contributed by atoms with Gasteiger partial charge in [0.1, 0.15) is 0 Å². The molecular formula is C19H21Cl2N5O2. The number of benzene rings is 1. The Hall–Kier alpha value is -2.25. The summed E-state index contributed by atoms with van der Waals surface area (Å²) in [5.74, 6) is 0.422. The molecule has 9 heteroatoms. The van der Waals surface area contributed by atoms with E-state index < -0.39 is 18.2 Å². The SMILES string of the molecule is CCN1C2=NC3C(C(=O)N(Cc4c(Cl)cccc4Cl)C(=O)N3C)N2C(C)=C1C. The molecule has 0 aliphatic carbocycles. The third kappa shape index (κ3) is 2.53. The fourth-order valence-corrected chi connectivity index (χ4v) is 4.56. The first-order chi connectivity index (χ1) is 13.3. The summed E-state index contributed by atoms with van der Waals surface area (Å²) in [5.41, 5.74) is 2.59. The highest BCUT2D eigenvalue weighted by molar-refractivity contribution is 6.36. The maximum atomic E-state index is 13.4. The van der Waals surface area contributed by atoms with Crippen LogP contribution in [0.4, 0.5) is 4.79 Å². The standard InChI is InChI=1S/C19H21Cl2N5O2/c1-5-24-10(2)11(3)26-15-16(22-18(24)26)23(4)19(28)25(17(15)27)9-12-13(20)7-6-8-14(12)21/h6-8,15-16H,5,9H2,1-4H3. The van der Waals surface area contributed by atoms with Crippen molar-refractivity contribution in [1.82, 2.24) is 19.6 Å². The highest BCUT2D eigenvalue weighted by Gasteiger charge is 2.55. The molecule has 3 heterocycles. The molecule has 0 aromatic heterocycles. The van der Waals surface area contributed by atoms with Crippen molar-refractivity contribution in [3.63, 3.8) is 0 Å². The molecule has 28 heavy (non-hydrogen) atoms. The Morgan fingerprint density at radius 2 is 1.71 bits per heavy atom. The van der Waals surface area contributed by atoms with Crippen LogP contribution in [-0.2, 0) is 11.3 Å². The average molecular weight is 422 g/mol. The third-order valence-electron chi connectivity index (χ3n) is 5.70. The van der Waals surface area contributed by atoms with Gasteiger partial charge in [-0.15, -0.1) is 0 Å². The molecule has 0 radical (unpaired) electrons. The molecule has 4 rings (SSSR count). The van der Waals surface area contributed by atoms with Gasteiger partial charge in [-0.05, 0) is 32.9 Å². The Labute approximate surface area is 173 Å². The molecule has 1 fully saturated rings. The first-order valence-corrected chi connectivity index (χ1v) is 9.86. The van der Waals surface area contributed by atoms with Crippen LogP contribution in [0.25, 0.3) is 0 Å². The van der Waals surface area contributed by atoms with Gasteiger partial charge in [0.05, 0.1) is 6.54 Å². The zero-order chi connectivity index (χ0) is 20.3. The van der Waals surface area contributed by atoms with E-state index in [9.17, 15) is 9.59 Å². The molecule has 1 aromatic carbocycles. The molecule has 3 aliphatic heterocycles. The Morgan fingerprint density at radius 1 is 1.07 bits per heavy atom. The van der Waals surface area contributed by atoms with Gasteiger partial charge in [0.15, 0.2) is 12.2 Å². The zero-order valence-corrected chi connectivity index (χ0v) is 17.6. The number of halogens is 2. The van der Waals surface area contributed by atoms with Crippen molar-refractivity contribution >= 4 is 41.1 Å². The number of allylic oxidation sites excluding steroid dienone is 2. The Balaban J connectivity index is 1.72. The average Bonchev–Trinajstić information content (AvgIpc) is 3.15. The number of rotatable bonds is 3. The van der Waals surface area contributed by atoms with E-state index in [1.807, 2.05) is 25.7 Å². The van der Waals surface area contributed by atoms with Gasteiger partial charge in [-0.25, -0.2) is 9.79 Å². The lowest BCUT2D eigenvalue weighted by Crippen LogP contribution is -2.64. The van der Waals surface area contributed by atoms with Crippen LogP contribution >= 0.6 is 23.2 Å². The number of nitrogens with zero attached hydrogens (tertiary/aromatic N) is 5. The van der Waals surface area contributed by atoms with Gasteiger partial charge < -0.3 is 9.80 Å². The molecule has 7 nitrogen and oxygen atoms in total. The van der Waals surface area contributed by atoms with E-state index in [-0.39, 0.29) is 12.5 Å². The summed E-state index contributed by atoms with van der Waals surface area (Å²) in [6, 6.07) is 4.12. The van der Waals surface area contributed by atoms with Gasteiger partial charge in [0.25, 0.3) is 5.91 Å². The molecule has 3 amide bonds. The number of fused-ring (bicyclic) bond motifs is 3. The third-order valence-corrected chi connectivity index (χ3v) is 6.41. The number of amides is 3. The van der Waals surface area contributed by atoms with Gasteiger partial charge in [0, 0.05) is 40.6 Å². The molecule has 0 N–H and O–H groups in total. The van der Waals surface area contributed by atoms with E-state index in [2.05, 4.69) is 4.90 Å². The molecular weight excluding hydrogens is 401 g/mol. The van der Waals surface area contributed by atoms with Crippen molar-refractivity contribution in [1.29, 1.82) is 0 Å². The van der Waals surface area contributed by atoms with Crippen molar-refractivity contribution < 1.29 is 9.59 Å². The second kappa shape index (κ2) is 6.67. The number of guanidine groups is 1. The maximum absolute atomic E-state index is 13.4. The summed E-state index contributed by atoms with van der Waals surface area (Å²) in [4.78, 5) is 37.8. The van der Waals surface area contributed by atoms with Crippen molar-refractivity contribution in [2.45, 2.75) is 39.5 Å². The van der Waals surface area contributed by atoms with Crippen LogP contribution in [0.1, 0.15) is 26.3 Å². The van der Waals surface area contributed by atoms with Crippen molar-refractivity contribution in [3.05, 3.63) is 45.2 Å². The van der Waals surface area contributed by atoms with E-state index in [0.29, 0.717) is 15.6 Å². The van der Waals surface area contributed by atoms with E-state index in [1.165, 1.54) is 9.80 Å². The highest BCUT2D eigenvalue weighted by Crippen LogP contribution is 2.38. The number of hydrogen-bond acceptors (Lipinski definition) is 5. The number of carbonyl (C=O) groups excluding carboxylic acids is 2. The molecule has 0 saturated carbocycles. The summed E-state index contributed by atoms with van der Waals surface area (Å²) in [7, 11) is 1.67. The normalized spacial score (nSPS) is 24.3. The zero-order valence-electron chi connectivity index (χ0n) is 16.1. The van der Waals surface area contributed by atoms with Crippen LogP contribution in [0.5, 0.6) is 0 Å². The summed E-state index contributed by atoms with van der Waals surface area (Å²) in [5, 5.41) is 0.845. The fourth-order valence-electron chi connectivity index (χ4n) is 4.05. The number of imide groups is 1. The van der Waals surface area contributed by atoms with Crippen molar-refractivity contribution in [2.24, 2.45) is 4.99 Å². The minimum absolute atomic E-state index is 0.0200. The predicted octanol–water partition coefficient (Wildman–Crippen LogP) is 3.34. The fraction of sp³-hybridized carbons (Fsp3) is 0.421. The van der Waals surface area contributed by atoms with Crippen molar-refractivity contribution in [2.75, 3.05) is 13.6 Å². The first kappa shape index (κ1) is 19.1. The number of urea groups is 1. The van der Waals surface area contributed by atoms with E-state index in [1.54, 1.807) is 25.2 Å². The Morgan fingerprint density at radius 3 is 2.32 bits per heavy atom. The number of hydrogen-bond donors (Lipinski definition) is 0. The second-order valence-electron chi connectivity index (χ2n) is 7.09. The summed E-state index contributed by atoms with van der Waals surface area (Å²) in [6.45, 7) is 6.78. The number of carbonyl (C=O) groups is 2. The second-order valence-corrected chi connectivity index (χ2v) is 7.91. The summed E-state index contributed by atoms with van der Waals surface area (Å²) < 4.78 is 0. The van der Waals surface area contributed by atoms with Crippen LogP contribution in [0, 0.1) is 0 Å². The lowest BCUT2D eigenvalue weighted by Gasteiger charge is -2.41. The van der Waals surface area contributed by atoms with Gasteiger partial charge in [0.2, 0.25) is 5.96 Å². The maximum Gasteiger partial charge on any atom is 0.328 e. The molecule has 2 atom stereocenters. The van der Waals surface area contributed by atoms with Gasteiger partial charge in [-0.1, -0.05) is 29.3 Å². The predicted molar refractivity (Wildman–Crippen MR) is 108 cm³/mol. The van der Waals surface area contributed by atoms with Crippen LogP contribution < -0.4 is 0 Å². The van der Waals surface area contributed by atoms with E-state index >= 15 is 0 Å². The largest absolute Gasteiger partial charge is 0.328 e. The van der Waals surface area contributed by atoms with Crippen LogP contribution in [0.3, 0.4) is 0 Å². The minimum Gasteiger partial charge on any atom is -0.315 e. The molecule has 1 aromatic rings. The van der Waals surface area contributed by atoms with Crippen LogP contribution in [-0.4, -0.2) is 63.3 Å². The quantitative estimate of drug-likeness (QED) is 0.750. The van der Waals surface area contributed by atoms with Gasteiger partial charge >= 0.3 is 6.03 Å². The van der Waals surface area contributed by atoms with Gasteiger partial charge in [-0.3, -0.25) is 14.6 Å². The Kier molecular flexibility index (Phi) is 4.55. The molecule has 1 saturated heterocycles. The lowest BCUT2D eigenvalue weighted by molar-refractivity contribution is -0.137. The lowest BCUT2D eigenvalue weighted by atomic mass is 10.1. The number of likely N-dealkylation sites (N-methyl/N-ethyl adjacent to an activating group) is 1. The molecule has 3 aliphatic rings. The summed E-state index contributed by atoms with van der Waals surface area (Å²) >= 11 is 12.5. The smallest absolute Gasteiger partial charge is 0.315 e. The number of aliphatic imine (C=N–C) groups is 1. The first-order valence-electron chi connectivity index (χ1n) is 9.11. The molecule has 0 spiro atoms. The Bertz CT molecular complexity index is 924. The summed E-state index contributed by atoms with van der Waals surface area (Å²) in [6.07, 6.45) is -0.551. The molecule has 148 valence electrons. The molecule has 0 bridgehead atoms. The van der Waals surface area contributed by atoms with E-state index in [4.69, 9.17) is 28.2 Å². The van der Waals surface area contributed by atoms with Crippen molar-refractivity contribution in [3.8, 4) is 0 Å². The highest BCUT2D eigenvalue weighted by atomic mass is 35.5. The van der Waals surface area contributed by atoms with Gasteiger partial charge in [-0.2, -0.15) is 0 Å². The molecule has 2 unspecified atom stereocenters. The van der Waals surface area contributed by atoms with Crippen LogP contribution in [0.15, 0.2) is 34.6 Å². The van der Waals surface area contributed by atoms with E-state index in [0.717, 1.165) is 23.9 Å². The monoisotopic (exact) mass is 421 g/mol.